The van der Waals surface area contributed by atoms with E-state index < -0.39 is 49.3 Å². The summed E-state index contributed by atoms with van der Waals surface area (Å²) in [5.74, 6) is -2.75. The number of benzene rings is 3. The summed E-state index contributed by atoms with van der Waals surface area (Å²) in [5, 5.41) is 58.1. The number of hydrogen-bond acceptors (Lipinski definition) is 14. The molecule has 3 aromatic carbocycles. The topological polar surface area (TPSA) is 253 Å². The first-order chi connectivity index (χ1) is 24.5. The molecule has 1 aliphatic heterocycles. The number of aromatic hydroxyl groups is 1. The Kier molecular flexibility index (Phi) is 13.5. The molecular formula is C34H42N4O13. The maximum atomic E-state index is 13.2. The quantitative estimate of drug-likeness (QED) is 0.0447. The van der Waals surface area contributed by atoms with E-state index in [9.17, 15) is 35.1 Å². The van der Waals surface area contributed by atoms with E-state index in [-0.39, 0.29) is 64.9 Å². The summed E-state index contributed by atoms with van der Waals surface area (Å²) in [6, 6.07) is 14.5. The highest BCUT2D eigenvalue weighted by Crippen LogP contribution is 2.39. The lowest BCUT2D eigenvalue weighted by molar-refractivity contribution is -0.277. The highest BCUT2D eigenvalue weighted by Gasteiger charge is 2.46. The molecule has 1 saturated heterocycles. The van der Waals surface area contributed by atoms with Crippen molar-refractivity contribution in [2.75, 3.05) is 46.0 Å². The summed E-state index contributed by atoms with van der Waals surface area (Å²) in [6.07, 6.45) is -7.88. The lowest BCUT2D eigenvalue weighted by Crippen LogP contribution is -2.60. The molecule has 0 bridgehead atoms. The van der Waals surface area contributed by atoms with Crippen LogP contribution in [0, 0.1) is 0 Å². The summed E-state index contributed by atoms with van der Waals surface area (Å²) >= 11 is 0. The number of carbonyl (C=O) groups excluding carboxylic acids is 1. The van der Waals surface area contributed by atoms with Gasteiger partial charge in [0.25, 0.3) is 0 Å². The fourth-order valence-corrected chi connectivity index (χ4v) is 4.95. The minimum absolute atomic E-state index is 0.0260. The third-order valence-electron chi connectivity index (χ3n) is 7.68. The first kappa shape index (κ1) is 38.3. The Labute approximate surface area is 293 Å². The second-order valence-corrected chi connectivity index (χ2v) is 11.1. The maximum absolute atomic E-state index is 13.2. The maximum Gasteiger partial charge on any atom is 0.338 e. The SMILES string of the molecule is CCNc1cc(O[C@H]2O[C@H](COC(=O)c3cc(OC)c(O)c(OCCc4ccccc4)c3)[C@@H](O)[C@H](O)[C@H]2O)c(OCNC(N)=NC)cc1C(=O)O. The predicted molar refractivity (Wildman–Crippen MR) is 182 cm³/mol. The zero-order chi connectivity index (χ0) is 37.1. The van der Waals surface area contributed by atoms with E-state index >= 15 is 0 Å². The van der Waals surface area contributed by atoms with Gasteiger partial charge >= 0.3 is 11.9 Å². The number of hydrogen-bond donors (Lipinski definition) is 8. The molecule has 0 amide bonds. The number of phenolic OH excluding ortho intramolecular Hbond substituents is 1. The van der Waals surface area contributed by atoms with Crippen LogP contribution >= 0.6 is 0 Å². The van der Waals surface area contributed by atoms with Crippen LogP contribution in [0.5, 0.6) is 28.7 Å². The summed E-state index contributed by atoms with van der Waals surface area (Å²) in [6.45, 7) is 1.41. The monoisotopic (exact) mass is 714 g/mol. The number of nitrogens with two attached hydrogens (primary N) is 1. The van der Waals surface area contributed by atoms with E-state index in [1.54, 1.807) is 6.92 Å². The molecule has 17 heteroatoms. The van der Waals surface area contributed by atoms with E-state index in [4.69, 9.17) is 34.2 Å². The Bertz CT molecular complexity index is 1670. The van der Waals surface area contributed by atoms with Crippen LogP contribution < -0.4 is 35.3 Å². The van der Waals surface area contributed by atoms with E-state index in [0.29, 0.717) is 13.0 Å². The van der Waals surface area contributed by atoms with Gasteiger partial charge in [0.1, 0.15) is 31.0 Å². The largest absolute Gasteiger partial charge is 0.502 e. The molecule has 0 saturated carbocycles. The van der Waals surface area contributed by atoms with Crippen LogP contribution in [0.25, 0.3) is 0 Å². The molecule has 1 aliphatic rings. The molecule has 276 valence electrons. The van der Waals surface area contributed by atoms with Gasteiger partial charge in [-0.05, 0) is 24.6 Å². The fraction of sp³-hybridized carbons (Fsp3) is 0.382. The molecule has 0 spiro atoms. The van der Waals surface area contributed by atoms with Crippen LogP contribution in [-0.4, -0.2) is 115 Å². The van der Waals surface area contributed by atoms with Gasteiger partial charge in [0.15, 0.2) is 35.7 Å². The van der Waals surface area contributed by atoms with Crippen molar-refractivity contribution in [2.45, 2.75) is 44.1 Å². The van der Waals surface area contributed by atoms with Crippen molar-refractivity contribution in [3.8, 4) is 28.7 Å². The summed E-state index contributed by atoms with van der Waals surface area (Å²) in [4.78, 5) is 28.9. The predicted octanol–water partition coefficient (Wildman–Crippen LogP) is 1.07. The Balaban J connectivity index is 1.50. The van der Waals surface area contributed by atoms with Crippen molar-refractivity contribution in [2.24, 2.45) is 10.7 Å². The van der Waals surface area contributed by atoms with Crippen LogP contribution in [0.15, 0.2) is 59.6 Å². The van der Waals surface area contributed by atoms with Gasteiger partial charge in [-0.1, -0.05) is 30.3 Å². The number of anilines is 1. The molecule has 1 fully saturated rings. The van der Waals surface area contributed by atoms with Crippen molar-refractivity contribution in [1.29, 1.82) is 0 Å². The molecule has 9 N–H and O–H groups in total. The number of ether oxygens (including phenoxy) is 6. The number of aliphatic hydroxyl groups is 3. The average molecular weight is 715 g/mol. The van der Waals surface area contributed by atoms with Crippen LogP contribution in [0.4, 0.5) is 5.69 Å². The number of aromatic carboxylic acids is 1. The molecule has 0 radical (unpaired) electrons. The van der Waals surface area contributed by atoms with Gasteiger partial charge in [0, 0.05) is 32.1 Å². The second kappa shape index (κ2) is 18.0. The fourth-order valence-electron chi connectivity index (χ4n) is 4.95. The highest BCUT2D eigenvalue weighted by atomic mass is 16.7. The number of esters is 1. The summed E-state index contributed by atoms with van der Waals surface area (Å²) < 4.78 is 33.6. The number of nitrogens with one attached hydrogen (secondary N) is 2. The van der Waals surface area contributed by atoms with Gasteiger partial charge in [0.2, 0.25) is 12.0 Å². The van der Waals surface area contributed by atoms with Gasteiger partial charge < -0.3 is 70.3 Å². The third-order valence-corrected chi connectivity index (χ3v) is 7.68. The van der Waals surface area contributed by atoms with Gasteiger partial charge in [-0.2, -0.15) is 0 Å². The number of nitrogens with zero attached hydrogens (tertiary/aromatic N) is 1. The molecule has 0 aromatic heterocycles. The molecule has 17 nitrogen and oxygen atoms in total. The number of carbonyl (C=O) groups is 2. The number of carboxylic acid groups (broad SMARTS) is 1. The van der Waals surface area contributed by atoms with Crippen LogP contribution in [-0.2, 0) is 15.9 Å². The van der Waals surface area contributed by atoms with E-state index in [1.807, 2.05) is 30.3 Å². The van der Waals surface area contributed by atoms with Crippen molar-refractivity contribution < 1.29 is 63.5 Å². The number of carboxylic acids is 1. The number of methoxy groups -OCH3 is 1. The lowest BCUT2D eigenvalue weighted by Gasteiger charge is -2.40. The number of aliphatic imine (C=N–C) groups is 1. The first-order valence-corrected chi connectivity index (χ1v) is 15.8. The minimum atomic E-state index is -1.82. The van der Waals surface area contributed by atoms with Crippen LogP contribution in [0.2, 0.25) is 0 Å². The van der Waals surface area contributed by atoms with Gasteiger partial charge in [-0.15, -0.1) is 0 Å². The molecule has 5 atom stereocenters. The third kappa shape index (κ3) is 9.82. The zero-order valence-electron chi connectivity index (χ0n) is 28.1. The van der Waals surface area contributed by atoms with Crippen LogP contribution in [0.3, 0.4) is 0 Å². The smallest absolute Gasteiger partial charge is 0.338 e. The molecule has 4 rings (SSSR count). The number of guanidine groups is 1. The second-order valence-electron chi connectivity index (χ2n) is 11.1. The molecule has 51 heavy (non-hydrogen) atoms. The first-order valence-electron chi connectivity index (χ1n) is 15.8. The standard InChI is InChI=1S/C34H42N4O13/c1-4-37-21-15-23(22(14-20(21)31(43)44)49-17-38-34(35)36-2)50-33-30(42)29(41)28(40)26(51-33)16-48-32(45)19-12-24(46-3)27(39)25(13-19)47-11-10-18-8-6-5-7-9-18/h5-9,12-15,26,28-30,33,37,39-42H,4,10-11,16-17H2,1-3H3,(H,43,44)(H3,35,36,38)/t26-,28-,29+,30-,33+/m1/s1. The van der Waals surface area contributed by atoms with E-state index in [0.717, 1.165) is 5.56 Å². The molecule has 0 unspecified atom stereocenters. The van der Waals surface area contributed by atoms with E-state index in [1.165, 1.54) is 38.4 Å². The zero-order valence-corrected chi connectivity index (χ0v) is 28.1. The molecule has 1 heterocycles. The Morgan fingerprint density at radius 1 is 0.961 bits per heavy atom. The highest BCUT2D eigenvalue weighted by molar-refractivity contribution is 5.95. The summed E-state index contributed by atoms with van der Waals surface area (Å²) in [7, 11) is 2.75. The molecule has 0 aliphatic carbocycles. The Morgan fingerprint density at radius 3 is 2.35 bits per heavy atom. The van der Waals surface area contributed by atoms with E-state index in [2.05, 4.69) is 15.6 Å². The number of phenols is 1. The average Bonchev–Trinajstić information content (AvgIpc) is 3.12. The van der Waals surface area contributed by atoms with Crippen LogP contribution in [0.1, 0.15) is 33.2 Å². The molecular weight excluding hydrogens is 672 g/mol. The van der Waals surface area contributed by atoms with Crippen molar-refractivity contribution in [1.82, 2.24) is 5.32 Å². The normalized spacial score (nSPS) is 20.2. The van der Waals surface area contributed by atoms with Crippen molar-refractivity contribution >= 4 is 23.6 Å². The molecule has 3 aromatic rings. The van der Waals surface area contributed by atoms with Gasteiger partial charge in [0.05, 0.1) is 30.5 Å². The van der Waals surface area contributed by atoms with Crippen molar-refractivity contribution in [3.05, 3.63) is 71.3 Å². The van der Waals surface area contributed by atoms with Crippen molar-refractivity contribution in [3.63, 3.8) is 0 Å². The minimum Gasteiger partial charge on any atom is -0.502 e. The van der Waals surface area contributed by atoms with Gasteiger partial charge in [-0.3, -0.25) is 4.99 Å². The number of aliphatic hydroxyl groups excluding tert-OH is 3. The summed E-state index contributed by atoms with van der Waals surface area (Å²) in [5.41, 5.74) is 6.58. The van der Waals surface area contributed by atoms with Gasteiger partial charge in [-0.25, -0.2) is 9.59 Å². The lowest BCUT2D eigenvalue weighted by atomic mass is 9.99. The number of rotatable bonds is 16. The Morgan fingerprint density at radius 2 is 1.69 bits per heavy atom. The Hall–Kier alpha value is -5.49.